The SMILES string of the molecule is CCC(C)C(NC(=O)c1ccco1)C(=O)N1CCN(C(=O)NC2CCCCC2)C(C)C1. The van der Waals surface area contributed by atoms with Gasteiger partial charge in [-0.3, -0.25) is 9.59 Å². The third-order valence-corrected chi connectivity index (χ3v) is 6.64. The predicted molar refractivity (Wildman–Crippen MR) is 118 cm³/mol. The first-order valence-electron chi connectivity index (χ1n) is 11.6. The zero-order valence-electron chi connectivity index (χ0n) is 18.9. The average molecular weight is 433 g/mol. The highest BCUT2D eigenvalue weighted by molar-refractivity contribution is 5.95. The zero-order valence-corrected chi connectivity index (χ0v) is 18.9. The van der Waals surface area contributed by atoms with Gasteiger partial charge < -0.3 is 24.9 Å². The first kappa shape index (κ1) is 23.2. The molecule has 3 rings (SSSR count). The molecule has 172 valence electrons. The van der Waals surface area contributed by atoms with E-state index in [9.17, 15) is 14.4 Å². The van der Waals surface area contributed by atoms with E-state index in [0.717, 1.165) is 19.3 Å². The lowest BCUT2D eigenvalue weighted by Gasteiger charge is -2.42. The lowest BCUT2D eigenvalue weighted by atomic mass is 9.95. The molecule has 0 bridgehead atoms. The molecule has 2 heterocycles. The maximum absolute atomic E-state index is 13.3. The van der Waals surface area contributed by atoms with E-state index in [1.54, 1.807) is 17.0 Å². The van der Waals surface area contributed by atoms with Crippen molar-refractivity contribution in [2.45, 2.75) is 77.4 Å². The highest BCUT2D eigenvalue weighted by atomic mass is 16.3. The van der Waals surface area contributed by atoms with Gasteiger partial charge in [-0.05, 0) is 37.8 Å². The molecule has 1 aliphatic carbocycles. The first-order chi connectivity index (χ1) is 14.9. The molecule has 0 radical (unpaired) electrons. The van der Waals surface area contributed by atoms with Gasteiger partial charge in [-0.15, -0.1) is 0 Å². The number of piperazine rings is 1. The Balaban J connectivity index is 1.59. The van der Waals surface area contributed by atoms with Gasteiger partial charge in [0.15, 0.2) is 5.76 Å². The van der Waals surface area contributed by atoms with E-state index in [1.165, 1.54) is 25.5 Å². The molecule has 3 unspecified atom stereocenters. The summed E-state index contributed by atoms with van der Waals surface area (Å²) in [6.07, 6.45) is 7.88. The number of carbonyl (C=O) groups excluding carboxylic acids is 3. The molecular weight excluding hydrogens is 396 g/mol. The molecule has 2 aliphatic rings. The van der Waals surface area contributed by atoms with E-state index in [-0.39, 0.29) is 41.6 Å². The Morgan fingerprint density at radius 2 is 1.94 bits per heavy atom. The Kier molecular flexibility index (Phi) is 7.98. The molecule has 3 atom stereocenters. The average Bonchev–Trinajstić information content (AvgIpc) is 3.32. The Labute approximate surface area is 184 Å². The van der Waals surface area contributed by atoms with Gasteiger partial charge in [-0.2, -0.15) is 0 Å². The highest BCUT2D eigenvalue weighted by Gasteiger charge is 2.36. The van der Waals surface area contributed by atoms with E-state index >= 15 is 0 Å². The summed E-state index contributed by atoms with van der Waals surface area (Å²) in [7, 11) is 0. The Hall–Kier alpha value is -2.51. The standard InChI is InChI=1S/C23H36N4O4/c1-4-16(2)20(25-21(28)19-11-8-14-31-19)22(29)26-12-13-27(17(3)15-26)23(30)24-18-9-6-5-7-10-18/h8,11,14,16-18,20H,4-7,9-10,12-13,15H2,1-3H3,(H,24,30)(H,25,28). The van der Waals surface area contributed by atoms with Gasteiger partial charge in [0.1, 0.15) is 6.04 Å². The maximum atomic E-state index is 13.3. The number of carbonyl (C=O) groups is 3. The van der Waals surface area contributed by atoms with Gasteiger partial charge >= 0.3 is 6.03 Å². The Morgan fingerprint density at radius 3 is 2.55 bits per heavy atom. The third kappa shape index (κ3) is 5.80. The number of furan rings is 1. The summed E-state index contributed by atoms with van der Waals surface area (Å²) in [5, 5.41) is 6.02. The van der Waals surface area contributed by atoms with Gasteiger partial charge in [0.2, 0.25) is 5.91 Å². The molecule has 0 spiro atoms. The summed E-state index contributed by atoms with van der Waals surface area (Å²) in [5.41, 5.74) is 0. The molecule has 1 aliphatic heterocycles. The predicted octanol–water partition coefficient (Wildman–Crippen LogP) is 3.00. The van der Waals surface area contributed by atoms with E-state index < -0.39 is 6.04 Å². The molecule has 0 aromatic carbocycles. The van der Waals surface area contributed by atoms with Crippen molar-refractivity contribution in [1.29, 1.82) is 0 Å². The fraction of sp³-hybridized carbons (Fsp3) is 0.696. The van der Waals surface area contributed by atoms with Crippen LogP contribution in [-0.2, 0) is 4.79 Å². The largest absolute Gasteiger partial charge is 0.459 e. The second kappa shape index (κ2) is 10.7. The molecule has 8 heteroatoms. The van der Waals surface area contributed by atoms with E-state index in [1.807, 2.05) is 25.7 Å². The van der Waals surface area contributed by atoms with Crippen molar-refractivity contribution in [2.24, 2.45) is 5.92 Å². The van der Waals surface area contributed by atoms with Crippen molar-refractivity contribution < 1.29 is 18.8 Å². The monoisotopic (exact) mass is 432 g/mol. The lowest BCUT2D eigenvalue weighted by Crippen LogP contribution is -2.61. The lowest BCUT2D eigenvalue weighted by molar-refractivity contribution is -0.136. The fourth-order valence-electron chi connectivity index (χ4n) is 4.46. The van der Waals surface area contributed by atoms with E-state index in [4.69, 9.17) is 4.42 Å². The van der Waals surface area contributed by atoms with Crippen LogP contribution in [0.3, 0.4) is 0 Å². The number of hydrogen-bond acceptors (Lipinski definition) is 4. The number of urea groups is 1. The minimum atomic E-state index is -0.627. The summed E-state index contributed by atoms with van der Waals surface area (Å²) >= 11 is 0. The van der Waals surface area contributed by atoms with Crippen molar-refractivity contribution in [3.05, 3.63) is 24.2 Å². The Morgan fingerprint density at radius 1 is 1.19 bits per heavy atom. The zero-order chi connectivity index (χ0) is 22.4. The molecule has 1 aromatic rings. The molecule has 2 N–H and O–H groups in total. The van der Waals surface area contributed by atoms with Crippen LogP contribution in [0.2, 0.25) is 0 Å². The second-order valence-electron chi connectivity index (χ2n) is 8.93. The molecule has 4 amide bonds. The van der Waals surface area contributed by atoms with Crippen molar-refractivity contribution >= 4 is 17.8 Å². The van der Waals surface area contributed by atoms with Gasteiger partial charge in [-0.1, -0.05) is 39.5 Å². The molecular formula is C23H36N4O4. The molecule has 31 heavy (non-hydrogen) atoms. The van der Waals surface area contributed by atoms with Crippen LogP contribution in [-0.4, -0.2) is 65.4 Å². The van der Waals surface area contributed by atoms with Gasteiger partial charge in [0.25, 0.3) is 5.91 Å². The second-order valence-corrected chi connectivity index (χ2v) is 8.93. The molecule has 1 saturated heterocycles. The third-order valence-electron chi connectivity index (χ3n) is 6.64. The molecule has 1 saturated carbocycles. The number of nitrogens with one attached hydrogen (secondary N) is 2. The van der Waals surface area contributed by atoms with Crippen LogP contribution >= 0.6 is 0 Å². The van der Waals surface area contributed by atoms with Crippen LogP contribution in [0.5, 0.6) is 0 Å². The van der Waals surface area contributed by atoms with E-state index in [0.29, 0.717) is 19.6 Å². The fourth-order valence-corrected chi connectivity index (χ4v) is 4.46. The summed E-state index contributed by atoms with van der Waals surface area (Å²) in [6.45, 7) is 7.35. The van der Waals surface area contributed by atoms with Crippen LogP contribution in [0.15, 0.2) is 22.8 Å². The van der Waals surface area contributed by atoms with Crippen LogP contribution in [0.25, 0.3) is 0 Å². The Bertz CT molecular complexity index is 745. The minimum Gasteiger partial charge on any atom is -0.459 e. The van der Waals surface area contributed by atoms with Crippen molar-refractivity contribution in [2.75, 3.05) is 19.6 Å². The van der Waals surface area contributed by atoms with E-state index in [2.05, 4.69) is 10.6 Å². The summed E-state index contributed by atoms with van der Waals surface area (Å²) in [5.74, 6) is -0.316. The van der Waals surface area contributed by atoms with Crippen LogP contribution in [0, 0.1) is 5.92 Å². The summed E-state index contributed by atoms with van der Waals surface area (Å²) < 4.78 is 5.17. The number of rotatable bonds is 6. The smallest absolute Gasteiger partial charge is 0.317 e. The van der Waals surface area contributed by atoms with Crippen LogP contribution in [0.4, 0.5) is 4.79 Å². The van der Waals surface area contributed by atoms with Crippen LogP contribution in [0.1, 0.15) is 69.9 Å². The minimum absolute atomic E-state index is 0.0191. The van der Waals surface area contributed by atoms with Crippen molar-refractivity contribution in [1.82, 2.24) is 20.4 Å². The van der Waals surface area contributed by atoms with Gasteiger partial charge in [0, 0.05) is 31.7 Å². The highest BCUT2D eigenvalue weighted by Crippen LogP contribution is 2.19. The number of amides is 4. The number of nitrogens with zero attached hydrogens (tertiary/aromatic N) is 2. The molecule has 2 fully saturated rings. The first-order valence-corrected chi connectivity index (χ1v) is 11.6. The van der Waals surface area contributed by atoms with Gasteiger partial charge in [-0.25, -0.2) is 4.79 Å². The van der Waals surface area contributed by atoms with Crippen molar-refractivity contribution in [3.63, 3.8) is 0 Å². The topological polar surface area (TPSA) is 94.9 Å². The normalized spacial score (nSPS) is 22.0. The summed E-state index contributed by atoms with van der Waals surface area (Å²) in [4.78, 5) is 42.2. The van der Waals surface area contributed by atoms with Crippen LogP contribution < -0.4 is 10.6 Å². The maximum Gasteiger partial charge on any atom is 0.317 e. The van der Waals surface area contributed by atoms with Gasteiger partial charge in [0.05, 0.1) is 6.26 Å². The van der Waals surface area contributed by atoms with Crippen molar-refractivity contribution in [3.8, 4) is 0 Å². The molecule has 8 nitrogen and oxygen atoms in total. The molecule has 1 aromatic heterocycles. The summed E-state index contributed by atoms with van der Waals surface area (Å²) in [6, 6.07) is 2.75. The quantitative estimate of drug-likeness (QED) is 0.722. The number of hydrogen-bond donors (Lipinski definition) is 2.